The van der Waals surface area contributed by atoms with Crippen LogP contribution in [0.1, 0.15) is 13.8 Å². The van der Waals surface area contributed by atoms with Gasteiger partial charge in [0.15, 0.2) is 0 Å². The van der Waals surface area contributed by atoms with Crippen LogP contribution in [0.15, 0.2) is 0 Å². The molecule has 6 heteroatoms. The highest BCUT2D eigenvalue weighted by Crippen LogP contribution is 1.98. The number of nitrogens with zero attached hydrogens (tertiary/aromatic N) is 1. The van der Waals surface area contributed by atoms with Gasteiger partial charge in [-0.3, -0.25) is 9.59 Å². The topological polar surface area (TPSA) is 81.7 Å². The number of nitrogens with one attached hydrogen (secondary N) is 2. The van der Waals surface area contributed by atoms with Gasteiger partial charge in [0.1, 0.15) is 0 Å². The SMILES string of the molecule is CN(C)CCNC(=O)C(=O)NC(C)(C)CO. The van der Waals surface area contributed by atoms with Gasteiger partial charge in [0.05, 0.1) is 12.1 Å². The minimum Gasteiger partial charge on any atom is -0.394 e. The fraction of sp³-hybridized carbons (Fsp3) is 0.800. The maximum absolute atomic E-state index is 11.3. The monoisotopic (exact) mass is 231 g/mol. The van der Waals surface area contributed by atoms with Crippen LogP contribution in [0.5, 0.6) is 0 Å². The quantitative estimate of drug-likeness (QED) is 0.506. The van der Waals surface area contributed by atoms with E-state index in [0.29, 0.717) is 13.1 Å². The van der Waals surface area contributed by atoms with E-state index in [9.17, 15) is 9.59 Å². The molecule has 0 aliphatic carbocycles. The molecule has 0 rings (SSSR count). The first kappa shape index (κ1) is 14.9. The van der Waals surface area contributed by atoms with E-state index in [1.165, 1.54) is 0 Å². The fourth-order valence-corrected chi connectivity index (χ4v) is 0.877. The van der Waals surface area contributed by atoms with E-state index < -0.39 is 17.4 Å². The lowest BCUT2D eigenvalue weighted by Gasteiger charge is -2.22. The van der Waals surface area contributed by atoms with E-state index in [0.717, 1.165) is 0 Å². The third-order valence-corrected chi connectivity index (χ3v) is 1.90. The molecule has 0 aromatic rings. The second-order valence-electron chi connectivity index (χ2n) is 4.56. The summed E-state index contributed by atoms with van der Waals surface area (Å²) in [6, 6.07) is 0. The number of hydrogen-bond acceptors (Lipinski definition) is 4. The number of aliphatic hydroxyl groups excluding tert-OH is 1. The lowest BCUT2D eigenvalue weighted by atomic mass is 10.1. The molecule has 0 aliphatic heterocycles. The smallest absolute Gasteiger partial charge is 0.309 e. The van der Waals surface area contributed by atoms with Gasteiger partial charge in [-0.1, -0.05) is 0 Å². The van der Waals surface area contributed by atoms with Crippen molar-refractivity contribution in [3.8, 4) is 0 Å². The summed E-state index contributed by atoms with van der Waals surface area (Å²) in [4.78, 5) is 24.5. The first-order valence-corrected chi connectivity index (χ1v) is 5.14. The summed E-state index contributed by atoms with van der Waals surface area (Å²) >= 11 is 0. The second-order valence-corrected chi connectivity index (χ2v) is 4.56. The maximum atomic E-state index is 11.3. The van der Waals surface area contributed by atoms with E-state index in [1.54, 1.807) is 13.8 Å². The van der Waals surface area contributed by atoms with Crippen LogP contribution in [0.25, 0.3) is 0 Å². The highest BCUT2D eigenvalue weighted by atomic mass is 16.3. The molecular formula is C10H21N3O3. The lowest BCUT2D eigenvalue weighted by molar-refractivity contribution is -0.140. The van der Waals surface area contributed by atoms with Crippen LogP contribution in [0.4, 0.5) is 0 Å². The van der Waals surface area contributed by atoms with Gasteiger partial charge in [-0.25, -0.2) is 0 Å². The van der Waals surface area contributed by atoms with Crippen LogP contribution in [0.3, 0.4) is 0 Å². The molecular weight excluding hydrogens is 210 g/mol. The van der Waals surface area contributed by atoms with Crippen molar-refractivity contribution in [1.82, 2.24) is 15.5 Å². The Bertz CT molecular complexity index is 252. The van der Waals surface area contributed by atoms with Crippen LogP contribution in [-0.2, 0) is 9.59 Å². The predicted molar refractivity (Wildman–Crippen MR) is 60.9 cm³/mol. The molecule has 3 N–H and O–H groups in total. The molecule has 2 amide bonds. The first-order chi connectivity index (χ1) is 7.28. The minimum atomic E-state index is -0.782. The summed E-state index contributed by atoms with van der Waals surface area (Å²) in [5.41, 5.74) is -0.782. The van der Waals surface area contributed by atoms with E-state index >= 15 is 0 Å². The highest BCUT2D eigenvalue weighted by molar-refractivity contribution is 6.35. The predicted octanol–water partition coefficient (Wildman–Crippen LogP) is -1.45. The molecule has 0 radical (unpaired) electrons. The number of amides is 2. The van der Waals surface area contributed by atoms with Crippen LogP contribution in [0.2, 0.25) is 0 Å². The Balaban J connectivity index is 3.96. The van der Waals surface area contributed by atoms with E-state index in [1.807, 2.05) is 19.0 Å². The average molecular weight is 231 g/mol. The summed E-state index contributed by atoms with van der Waals surface area (Å²) in [5, 5.41) is 13.8. The number of carbonyl (C=O) groups excluding carboxylic acids is 2. The Labute approximate surface area is 96.0 Å². The Morgan fingerprint density at radius 3 is 2.25 bits per heavy atom. The van der Waals surface area contributed by atoms with Crippen molar-refractivity contribution in [3.63, 3.8) is 0 Å². The van der Waals surface area contributed by atoms with Gasteiger partial charge < -0.3 is 20.6 Å². The molecule has 0 aromatic heterocycles. The number of likely N-dealkylation sites (N-methyl/N-ethyl adjacent to an activating group) is 1. The van der Waals surface area contributed by atoms with Crippen molar-refractivity contribution in [2.24, 2.45) is 0 Å². The van der Waals surface area contributed by atoms with Gasteiger partial charge in [0, 0.05) is 13.1 Å². The van der Waals surface area contributed by atoms with Crippen molar-refractivity contribution in [2.45, 2.75) is 19.4 Å². The number of carbonyl (C=O) groups is 2. The second kappa shape index (κ2) is 6.44. The molecule has 0 heterocycles. The van der Waals surface area contributed by atoms with Gasteiger partial charge in [-0.05, 0) is 27.9 Å². The summed E-state index contributed by atoms with van der Waals surface area (Å²) in [5.74, 6) is -1.40. The Morgan fingerprint density at radius 1 is 1.25 bits per heavy atom. The summed E-state index contributed by atoms with van der Waals surface area (Å²) < 4.78 is 0. The molecule has 0 spiro atoms. The third-order valence-electron chi connectivity index (χ3n) is 1.90. The summed E-state index contributed by atoms with van der Waals surface area (Å²) in [6.45, 7) is 4.14. The minimum absolute atomic E-state index is 0.219. The summed E-state index contributed by atoms with van der Waals surface area (Å²) in [7, 11) is 3.75. The van der Waals surface area contributed by atoms with Crippen LogP contribution >= 0.6 is 0 Å². The molecule has 16 heavy (non-hydrogen) atoms. The van der Waals surface area contributed by atoms with Gasteiger partial charge in [0.25, 0.3) is 0 Å². The molecule has 0 fully saturated rings. The normalized spacial score (nSPS) is 11.4. The first-order valence-electron chi connectivity index (χ1n) is 5.14. The molecule has 0 saturated heterocycles. The average Bonchev–Trinajstić information content (AvgIpc) is 2.16. The number of aliphatic hydroxyl groups is 1. The zero-order chi connectivity index (χ0) is 12.8. The molecule has 0 aliphatic rings. The molecule has 0 bridgehead atoms. The van der Waals surface area contributed by atoms with E-state index in [-0.39, 0.29) is 6.61 Å². The fourth-order valence-electron chi connectivity index (χ4n) is 0.877. The zero-order valence-electron chi connectivity index (χ0n) is 10.3. The standard InChI is InChI=1S/C10H21N3O3/c1-10(2,7-14)12-9(16)8(15)11-5-6-13(3)4/h14H,5-7H2,1-4H3,(H,11,15)(H,12,16). The van der Waals surface area contributed by atoms with Crippen LogP contribution in [0, 0.1) is 0 Å². The molecule has 0 aromatic carbocycles. The van der Waals surface area contributed by atoms with Crippen molar-refractivity contribution in [3.05, 3.63) is 0 Å². The largest absolute Gasteiger partial charge is 0.394 e. The third kappa shape index (κ3) is 6.36. The van der Waals surface area contributed by atoms with Crippen LogP contribution in [-0.4, -0.2) is 61.2 Å². The van der Waals surface area contributed by atoms with Crippen molar-refractivity contribution in [1.29, 1.82) is 0 Å². The van der Waals surface area contributed by atoms with E-state index in [2.05, 4.69) is 10.6 Å². The Kier molecular flexibility index (Phi) is 5.98. The van der Waals surface area contributed by atoms with Crippen LogP contribution < -0.4 is 10.6 Å². The van der Waals surface area contributed by atoms with Gasteiger partial charge in [-0.2, -0.15) is 0 Å². The van der Waals surface area contributed by atoms with Gasteiger partial charge in [-0.15, -0.1) is 0 Å². The highest BCUT2D eigenvalue weighted by Gasteiger charge is 2.23. The maximum Gasteiger partial charge on any atom is 0.309 e. The van der Waals surface area contributed by atoms with Crippen molar-refractivity contribution in [2.75, 3.05) is 33.8 Å². The molecule has 0 unspecified atom stereocenters. The van der Waals surface area contributed by atoms with Crippen molar-refractivity contribution >= 4 is 11.8 Å². The Hall–Kier alpha value is -1.14. The van der Waals surface area contributed by atoms with Gasteiger partial charge in [0.2, 0.25) is 0 Å². The van der Waals surface area contributed by atoms with E-state index in [4.69, 9.17) is 5.11 Å². The molecule has 6 nitrogen and oxygen atoms in total. The summed E-state index contributed by atoms with van der Waals surface area (Å²) in [6.07, 6.45) is 0. The molecule has 0 atom stereocenters. The van der Waals surface area contributed by atoms with Gasteiger partial charge >= 0.3 is 11.8 Å². The van der Waals surface area contributed by atoms with Crippen molar-refractivity contribution < 1.29 is 14.7 Å². The zero-order valence-corrected chi connectivity index (χ0v) is 10.3. The Morgan fingerprint density at radius 2 is 1.81 bits per heavy atom. The number of rotatable bonds is 5. The lowest BCUT2D eigenvalue weighted by Crippen LogP contribution is -2.52. The molecule has 0 saturated carbocycles. The molecule has 94 valence electrons. The number of hydrogen-bond donors (Lipinski definition) is 3.